The Morgan fingerprint density at radius 3 is 1.89 bits per heavy atom. The Morgan fingerprint density at radius 2 is 1.32 bits per heavy atom. The third-order valence-corrected chi connectivity index (χ3v) is 12.2. The van der Waals surface area contributed by atoms with Crippen LogP contribution in [0.4, 0.5) is 34.6 Å². The molecule has 0 spiro atoms. The van der Waals surface area contributed by atoms with Gasteiger partial charge in [0.25, 0.3) is 30.4 Å². The van der Waals surface area contributed by atoms with Crippen LogP contribution >= 0.6 is 11.6 Å². The molecule has 0 fully saturated rings. The molecule has 0 amide bonds. The highest BCUT2D eigenvalue weighted by molar-refractivity contribution is 7.91. The number of aromatic nitrogens is 3. The molecular weight excluding hydrogens is 886 g/mol. The highest BCUT2D eigenvalue weighted by atomic mass is 35.5. The van der Waals surface area contributed by atoms with Crippen LogP contribution in [-0.2, 0) is 54.8 Å². The zero-order valence-electron chi connectivity index (χ0n) is 28.1. The van der Waals surface area contributed by atoms with Gasteiger partial charge in [-0.2, -0.15) is 48.6 Å². The Hall–Kier alpha value is -5.01. The second-order valence-electron chi connectivity index (χ2n) is 11.3. The number of aromatic hydroxyl groups is 1. The van der Waals surface area contributed by atoms with Gasteiger partial charge in [0.15, 0.2) is 15.6 Å². The summed E-state index contributed by atoms with van der Waals surface area (Å²) in [4.78, 5) is 8.81. The second kappa shape index (κ2) is 15.7. The van der Waals surface area contributed by atoms with Gasteiger partial charge in [0.05, 0.1) is 27.8 Å². The molecule has 57 heavy (non-hydrogen) atoms. The van der Waals surface area contributed by atoms with E-state index in [-0.39, 0.29) is 16.5 Å². The molecule has 0 saturated heterocycles. The third-order valence-electron chi connectivity index (χ3n) is 7.26. The largest absolute Gasteiger partial charge is 0.505 e. The van der Waals surface area contributed by atoms with Crippen molar-refractivity contribution in [1.82, 2.24) is 15.0 Å². The molecule has 0 atom stereocenters. The first-order valence-corrected chi connectivity index (χ1v) is 22.6. The molecule has 0 aliphatic rings. The maximum Gasteiger partial charge on any atom is 0.397 e. The van der Waals surface area contributed by atoms with E-state index in [1.165, 1.54) is 25.1 Å². The summed E-state index contributed by atoms with van der Waals surface area (Å²) in [6.45, 7) is 0.626. The van der Waals surface area contributed by atoms with Crippen LogP contribution in [0.1, 0.15) is 5.56 Å². The lowest BCUT2D eigenvalue weighted by Crippen LogP contribution is -2.15. The van der Waals surface area contributed by atoms with Crippen molar-refractivity contribution in [2.45, 2.75) is 26.5 Å². The first kappa shape index (κ1) is 43.1. The number of fused-ring (bicyclic) bond motifs is 1. The van der Waals surface area contributed by atoms with Crippen molar-refractivity contribution < 1.29 is 69.6 Å². The van der Waals surface area contributed by atoms with E-state index in [4.69, 9.17) is 16.2 Å². The Morgan fingerprint density at radius 1 is 0.702 bits per heavy atom. The number of rotatable bonds is 14. The van der Waals surface area contributed by atoms with Crippen LogP contribution in [0.2, 0.25) is 5.28 Å². The van der Waals surface area contributed by atoms with Gasteiger partial charge in [0.2, 0.25) is 17.2 Å². The normalized spacial score (nSPS) is 12.9. The van der Waals surface area contributed by atoms with Gasteiger partial charge in [-0.1, -0.05) is 6.07 Å². The number of aryl methyl sites for hydroxylation is 1. The van der Waals surface area contributed by atoms with E-state index in [2.05, 4.69) is 40.0 Å². The van der Waals surface area contributed by atoms with Gasteiger partial charge in [0, 0.05) is 11.1 Å². The molecule has 0 bridgehead atoms. The lowest BCUT2D eigenvalue weighted by Gasteiger charge is -2.15. The topological polar surface area (TPSA) is 369 Å². The van der Waals surface area contributed by atoms with Crippen LogP contribution in [-0.4, -0.2) is 92.7 Å². The van der Waals surface area contributed by atoms with Gasteiger partial charge < -0.3 is 15.7 Å². The summed E-state index contributed by atoms with van der Waals surface area (Å²) in [5.41, 5.74) is -1.46. The number of azo groups is 1. The van der Waals surface area contributed by atoms with Crippen molar-refractivity contribution in [1.29, 1.82) is 0 Å². The number of phenolic OH excluding ortho intramolecular Hbond substituents is 1. The van der Waals surface area contributed by atoms with Gasteiger partial charge in [-0.15, -0.1) is 10.2 Å². The number of hydrogen-bond donors (Lipinski definition) is 7. The maximum absolute atomic E-state index is 12.5. The number of halogens is 1. The Balaban J connectivity index is 1.58. The minimum Gasteiger partial charge on any atom is -0.505 e. The average Bonchev–Trinajstić information content (AvgIpc) is 3.06. The zero-order chi connectivity index (χ0) is 42.3. The summed E-state index contributed by atoms with van der Waals surface area (Å²) >= 11 is 6.09. The molecule has 304 valence electrons. The SMILES string of the molecule is Cc1ccc(N=Nc2c(S(=O)(=O)O)cc3cc(S(=O)(=O)O)cc(Nc4nc(Cl)nc(Nc5ccc(S(=O)(=O)CCOS(=O)(=O)O)cc5)n4)c3c2O)c(S(=O)(=O)O)c1. The fraction of sp³-hybridized carbons (Fsp3) is 0.107. The summed E-state index contributed by atoms with van der Waals surface area (Å²) in [5, 5.41) is 22.6. The molecule has 29 heteroatoms. The number of benzene rings is 4. The van der Waals surface area contributed by atoms with Crippen molar-refractivity contribution in [3.8, 4) is 5.75 Å². The third kappa shape index (κ3) is 10.7. The molecular formula is C28H24ClN7O16S5. The van der Waals surface area contributed by atoms with Gasteiger partial charge in [0.1, 0.15) is 21.2 Å². The monoisotopic (exact) mass is 909 g/mol. The molecule has 7 N–H and O–H groups in total. The van der Waals surface area contributed by atoms with E-state index in [0.29, 0.717) is 11.6 Å². The van der Waals surface area contributed by atoms with E-state index in [9.17, 15) is 60.9 Å². The summed E-state index contributed by atoms with van der Waals surface area (Å²) in [6, 6.07) is 10.4. The van der Waals surface area contributed by atoms with Gasteiger partial charge in [-0.3, -0.25) is 18.2 Å². The highest BCUT2D eigenvalue weighted by Gasteiger charge is 2.27. The lowest BCUT2D eigenvalue weighted by atomic mass is 10.1. The van der Waals surface area contributed by atoms with E-state index in [1.54, 1.807) is 0 Å². The number of phenols is 1. The van der Waals surface area contributed by atoms with E-state index >= 15 is 0 Å². The molecule has 0 aliphatic heterocycles. The van der Waals surface area contributed by atoms with Gasteiger partial charge in [-0.25, -0.2) is 12.6 Å². The molecule has 23 nitrogen and oxygen atoms in total. The minimum absolute atomic E-state index is 0.159. The summed E-state index contributed by atoms with van der Waals surface area (Å²) < 4.78 is 162. The van der Waals surface area contributed by atoms with Crippen LogP contribution < -0.4 is 10.6 Å². The molecule has 0 radical (unpaired) electrons. The molecule has 0 saturated carbocycles. The second-order valence-corrected chi connectivity index (χ2v) is 19.1. The molecule has 1 heterocycles. The molecule has 5 rings (SSSR count). The number of nitrogens with zero attached hydrogens (tertiary/aromatic N) is 5. The number of nitrogens with one attached hydrogen (secondary N) is 2. The summed E-state index contributed by atoms with van der Waals surface area (Å²) in [6.07, 6.45) is 0. The van der Waals surface area contributed by atoms with Crippen molar-refractivity contribution in [3.63, 3.8) is 0 Å². The standard InChI is InChI=1S/C28H24ClN7O16S5/c1-14-2-7-19(21(10-14)55(43,44)45)35-36-24-22(56(46,47)48)12-15-11-18(54(40,41)42)13-20(23(15)25(24)37)31-28-33-26(29)32-27(34-28)30-16-3-5-17(6-4-16)53(38,39)9-8-52-57(49,50)51/h2-7,10-13,37H,8-9H2,1H3,(H,40,41,42)(H,43,44,45)(H,46,47,48)(H,49,50,51)(H2,30,31,32,33,34). The van der Waals surface area contributed by atoms with E-state index < -0.39 is 122 Å². The fourth-order valence-corrected chi connectivity index (χ4v) is 8.40. The van der Waals surface area contributed by atoms with Crippen LogP contribution in [0.5, 0.6) is 5.75 Å². The smallest absolute Gasteiger partial charge is 0.397 e. The molecule has 0 unspecified atom stereocenters. The minimum atomic E-state index is -5.32. The molecule has 4 aromatic carbocycles. The molecule has 5 aromatic rings. The van der Waals surface area contributed by atoms with Crippen LogP contribution in [0, 0.1) is 6.92 Å². The quantitative estimate of drug-likeness (QED) is 0.0613. The maximum atomic E-state index is 12.5. The van der Waals surface area contributed by atoms with Crippen molar-refractivity contribution >= 4 is 108 Å². The molecule has 0 aliphatic carbocycles. The first-order chi connectivity index (χ1) is 26.2. The van der Waals surface area contributed by atoms with Gasteiger partial charge in [-0.05, 0) is 84.1 Å². The van der Waals surface area contributed by atoms with Crippen LogP contribution in [0.15, 0.2) is 90.5 Å². The summed E-state index contributed by atoms with van der Waals surface area (Å²) in [7, 11) is -24.2. The van der Waals surface area contributed by atoms with Crippen LogP contribution in [0.3, 0.4) is 0 Å². The predicted molar refractivity (Wildman–Crippen MR) is 198 cm³/mol. The predicted octanol–water partition coefficient (Wildman–Crippen LogP) is 3.93. The fourth-order valence-electron chi connectivity index (χ4n) is 4.84. The average molecular weight is 910 g/mol. The number of sulfone groups is 1. The number of hydrogen-bond acceptors (Lipinski definition) is 19. The highest BCUT2D eigenvalue weighted by Crippen LogP contribution is 2.46. The van der Waals surface area contributed by atoms with Crippen molar-refractivity contribution in [3.05, 3.63) is 71.5 Å². The Bertz CT molecular complexity index is 3040. The van der Waals surface area contributed by atoms with Crippen LogP contribution in [0.25, 0.3) is 10.8 Å². The summed E-state index contributed by atoms with van der Waals surface area (Å²) in [5.74, 6) is -2.70. The number of anilines is 4. The first-order valence-electron chi connectivity index (χ1n) is 14.9. The molecule has 1 aromatic heterocycles. The van der Waals surface area contributed by atoms with E-state index in [0.717, 1.165) is 36.4 Å². The van der Waals surface area contributed by atoms with Crippen molar-refractivity contribution in [2.75, 3.05) is 23.0 Å². The van der Waals surface area contributed by atoms with Gasteiger partial charge >= 0.3 is 10.4 Å². The Labute approximate surface area is 327 Å². The van der Waals surface area contributed by atoms with E-state index in [1.807, 2.05) is 0 Å². The Kier molecular flexibility index (Phi) is 11.9. The lowest BCUT2D eigenvalue weighted by molar-refractivity contribution is 0.284. The van der Waals surface area contributed by atoms with Crippen molar-refractivity contribution in [2.24, 2.45) is 10.2 Å². The zero-order valence-corrected chi connectivity index (χ0v) is 32.9.